The Kier molecular flexibility index (Phi) is 5.45. The van der Waals surface area contributed by atoms with Crippen molar-refractivity contribution >= 4 is 23.4 Å². The number of aryl methyl sites for hydroxylation is 1. The van der Waals surface area contributed by atoms with Crippen molar-refractivity contribution in [3.63, 3.8) is 0 Å². The summed E-state index contributed by atoms with van der Waals surface area (Å²) in [5.41, 5.74) is 7.02. The highest BCUT2D eigenvalue weighted by atomic mass is 19.1. The third-order valence-corrected chi connectivity index (χ3v) is 5.21. The van der Waals surface area contributed by atoms with Gasteiger partial charge < -0.3 is 4.40 Å². The molecule has 0 saturated carbocycles. The monoisotopic (exact) mass is 413 g/mol. The Bertz CT molecular complexity index is 1320. The summed E-state index contributed by atoms with van der Waals surface area (Å²) < 4.78 is 15.1. The molecule has 0 spiro atoms. The number of benzene rings is 2. The van der Waals surface area contributed by atoms with Crippen molar-refractivity contribution in [3.8, 4) is 0 Å². The normalized spacial score (nSPS) is 11.2. The quantitative estimate of drug-likeness (QED) is 0.293. The molecular formula is C25H20FN3O2. The van der Waals surface area contributed by atoms with E-state index in [0.717, 1.165) is 22.2 Å². The number of nitrogens with zero attached hydrogens (tertiary/aromatic N) is 2. The van der Waals surface area contributed by atoms with Gasteiger partial charge in [-0.2, -0.15) is 5.10 Å². The average Bonchev–Trinajstić information content (AvgIpc) is 3.05. The van der Waals surface area contributed by atoms with E-state index in [1.165, 1.54) is 24.3 Å². The van der Waals surface area contributed by atoms with E-state index in [2.05, 4.69) is 10.5 Å². The molecule has 2 aromatic heterocycles. The number of aromatic nitrogens is 1. The van der Waals surface area contributed by atoms with Crippen LogP contribution in [0.4, 0.5) is 4.39 Å². The van der Waals surface area contributed by atoms with Gasteiger partial charge in [0.05, 0.1) is 17.4 Å². The summed E-state index contributed by atoms with van der Waals surface area (Å²) in [5.74, 6) is -0.925. The van der Waals surface area contributed by atoms with Gasteiger partial charge >= 0.3 is 0 Å². The van der Waals surface area contributed by atoms with Crippen LogP contribution in [0.25, 0.3) is 5.52 Å². The van der Waals surface area contributed by atoms with Gasteiger partial charge in [-0.25, -0.2) is 9.82 Å². The summed E-state index contributed by atoms with van der Waals surface area (Å²) in [5, 5.41) is 4.13. The summed E-state index contributed by atoms with van der Waals surface area (Å²) in [6.45, 7) is 3.69. The van der Waals surface area contributed by atoms with Gasteiger partial charge in [-0.1, -0.05) is 24.3 Å². The van der Waals surface area contributed by atoms with E-state index in [1.54, 1.807) is 28.9 Å². The number of pyridine rings is 1. The van der Waals surface area contributed by atoms with Gasteiger partial charge in [0.15, 0.2) is 0 Å². The first kappa shape index (κ1) is 20.2. The predicted octanol–water partition coefficient (Wildman–Crippen LogP) is 4.69. The van der Waals surface area contributed by atoms with Crippen LogP contribution in [0.15, 0.2) is 78.0 Å². The fourth-order valence-corrected chi connectivity index (χ4v) is 3.58. The van der Waals surface area contributed by atoms with Crippen LogP contribution in [-0.4, -0.2) is 22.3 Å². The molecule has 4 rings (SSSR count). The van der Waals surface area contributed by atoms with E-state index >= 15 is 0 Å². The van der Waals surface area contributed by atoms with Crippen LogP contribution >= 0.6 is 0 Å². The minimum Gasteiger partial charge on any atom is -0.313 e. The number of carbonyl (C=O) groups excluding carboxylic acids is 2. The molecule has 0 bridgehead atoms. The van der Waals surface area contributed by atoms with E-state index in [1.807, 2.05) is 44.2 Å². The summed E-state index contributed by atoms with van der Waals surface area (Å²) >= 11 is 0. The van der Waals surface area contributed by atoms with Crippen LogP contribution in [-0.2, 0) is 0 Å². The molecule has 2 heterocycles. The number of amides is 1. The molecule has 1 amide bonds. The van der Waals surface area contributed by atoms with Crippen LogP contribution < -0.4 is 5.43 Å². The van der Waals surface area contributed by atoms with Crippen LogP contribution in [0.2, 0.25) is 0 Å². The molecular weight excluding hydrogens is 393 g/mol. The molecule has 2 aromatic carbocycles. The number of hydrogen-bond acceptors (Lipinski definition) is 3. The van der Waals surface area contributed by atoms with E-state index in [4.69, 9.17) is 0 Å². The van der Waals surface area contributed by atoms with E-state index in [0.29, 0.717) is 16.8 Å². The van der Waals surface area contributed by atoms with E-state index in [-0.39, 0.29) is 11.7 Å². The summed E-state index contributed by atoms with van der Waals surface area (Å²) in [6, 6.07) is 18.3. The topological polar surface area (TPSA) is 62.9 Å². The number of nitrogens with one attached hydrogen (secondary N) is 1. The van der Waals surface area contributed by atoms with E-state index in [9.17, 15) is 14.0 Å². The van der Waals surface area contributed by atoms with Crippen LogP contribution in [0.1, 0.15) is 43.1 Å². The lowest BCUT2D eigenvalue weighted by molar-refractivity contribution is 0.0953. The number of rotatable bonds is 5. The predicted molar refractivity (Wildman–Crippen MR) is 118 cm³/mol. The highest BCUT2D eigenvalue weighted by Crippen LogP contribution is 2.24. The minimum atomic E-state index is -0.398. The van der Waals surface area contributed by atoms with Gasteiger partial charge in [0, 0.05) is 22.9 Å². The maximum absolute atomic E-state index is 13.3. The Labute approximate surface area is 178 Å². The Balaban J connectivity index is 1.69. The molecule has 5 nitrogen and oxygen atoms in total. The lowest BCUT2D eigenvalue weighted by Crippen LogP contribution is -2.18. The van der Waals surface area contributed by atoms with Crippen molar-refractivity contribution in [2.24, 2.45) is 5.10 Å². The second-order valence-electron chi connectivity index (χ2n) is 7.19. The first-order valence-corrected chi connectivity index (χ1v) is 9.76. The molecule has 0 radical (unpaired) electrons. The van der Waals surface area contributed by atoms with Gasteiger partial charge in [0.25, 0.3) is 5.91 Å². The van der Waals surface area contributed by atoms with Gasteiger partial charge in [-0.05, 0) is 67.4 Å². The molecule has 0 aliphatic carbocycles. The van der Waals surface area contributed by atoms with Crippen LogP contribution in [0.3, 0.4) is 0 Å². The van der Waals surface area contributed by atoms with Crippen molar-refractivity contribution in [2.45, 2.75) is 13.8 Å². The third-order valence-electron chi connectivity index (χ3n) is 5.21. The highest BCUT2D eigenvalue weighted by molar-refractivity contribution is 6.12. The lowest BCUT2D eigenvalue weighted by atomic mass is 10.0. The second kappa shape index (κ2) is 8.36. The van der Waals surface area contributed by atoms with Crippen molar-refractivity contribution in [3.05, 3.63) is 112 Å². The summed E-state index contributed by atoms with van der Waals surface area (Å²) in [7, 11) is 0. The van der Waals surface area contributed by atoms with Crippen molar-refractivity contribution in [2.75, 3.05) is 0 Å². The first-order valence-electron chi connectivity index (χ1n) is 9.76. The lowest BCUT2D eigenvalue weighted by Gasteiger charge is -2.04. The first-order chi connectivity index (χ1) is 15.0. The Morgan fingerprint density at radius 2 is 1.68 bits per heavy atom. The molecule has 6 heteroatoms. The highest BCUT2D eigenvalue weighted by Gasteiger charge is 2.21. The molecule has 4 aromatic rings. The molecule has 0 aliphatic heterocycles. The molecule has 0 saturated heterocycles. The number of fused-ring (bicyclic) bond motifs is 1. The zero-order valence-corrected chi connectivity index (χ0v) is 17.1. The van der Waals surface area contributed by atoms with Crippen LogP contribution in [0, 0.1) is 19.7 Å². The number of halogens is 1. The average molecular weight is 413 g/mol. The molecule has 0 unspecified atom stereocenters. The van der Waals surface area contributed by atoms with Gasteiger partial charge in [0.1, 0.15) is 5.82 Å². The fraction of sp³-hybridized carbons (Fsp3) is 0.0800. The number of ketones is 1. The maximum Gasteiger partial charge on any atom is 0.271 e. The Hall–Kier alpha value is -4.06. The van der Waals surface area contributed by atoms with Crippen molar-refractivity contribution in [1.29, 1.82) is 0 Å². The fourth-order valence-electron chi connectivity index (χ4n) is 3.58. The molecule has 0 atom stereocenters. The number of hydrogen-bond donors (Lipinski definition) is 1. The molecule has 0 fully saturated rings. The smallest absolute Gasteiger partial charge is 0.271 e. The van der Waals surface area contributed by atoms with E-state index < -0.39 is 5.82 Å². The standard InChI is InChI=1S/C25H20FN3O2/c1-16-7-3-4-8-20(16)25(31)28-27-15-21-17(2)23(29-14-6-5-9-22(21)29)24(30)18-10-12-19(26)13-11-18/h3-15H,1-2H3,(H,28,31)/b27-15-. The summed E-state index contributed by atoms with van der Waals surface area (Å²) in [6.07, 6.45) is 3.34. The largest absolute Gasteiger partial charge is 0.313 e. The zero-order valence-electron chi connectivity index (χ0n) is 17.1. The molecule has 1 N–H and O–H groups in total. The molecule has 154 valence electrons. The van der Waals surface area contributed by atoms with Crippen molar-refractivity contribution in [1.82, 2.24) is 9.83 Å². The second-order valence-corrected chi connectivity index (χ2v) is 7.19. The van der Waals surface area contributed by atoms with Gasteiger partial charge in [0.2, 0.25) is 5.78 Å². The SMILES string of the molecule is Cc1ccccc1C(=O)N/N=C\c1c(C)c(C(=O)c2ccc(F)cc2)n2ccccc12. The summed E-state index contributed by atoms with van der Waals surface area (Å²) in [4.78, 5) is 25.6. The number of hydrazone groups is 1. The molecule has 31 heavy (non-hydrogen) atoms. The van der Waals surface area contributed by atoms with Gasteiger partial charge in [-0.3, -0.25) is 9.59 Å². The third kappa shape index (κ3) is 3.88. The molecule has 0 aliphatic rings. The maximum atomic E-state index is 13.3. The zero-order chi connectivity index (χ0) is 22.0. The minimum absolute atomic E-state index is 0.220. The Morgan fingerprint density at radius 3 is 2.42 bits per heavy atom. The van der Waals surface area contributed by atoms with Crippen molar-refractivity contribution < 1.29 is 14.0 Å². The van der Waals surface area contributed by atoms with Crippen LogP contribution in [0.5, 0.6) is 0 Å². The number of carbonyl (C=O) groups is 2. The Morgan fingerprint density at radius 1 is 0.968 bits per heavy atom. The van der Waals surface area contributed by atoms with Gasteiger partial charge in [-0.15, -0.1) is 0 Å².